The highest BCUT2D eigenvalue weighted by Gasteiger charge is 2.40. The third kappa shape index (κ3) is 3.41. The van der Waals surface area contributed by atoms with Gasteiger partial charge in [-0.05, 0) is 18.1 Å². The van der Waals surface area contributed by atoms with Crippen molar-refractivity contribution in [1.82, 2.24) is 9.80 Å². The van der Waals surface area contributed by atoms with Gasteiger partial charge in [0.15, 0.2) is 17.2 Å². The van der Waals surface area contributed by atoms with Crippen molar-refractivity contribution in [3.63, 3.8) is 0 Å². The molecule has 0 aliphatic carbocycles. The summed E-state index contributed by atoms with van der Waals surface area (Å²) in [5.41, 5.74) is 0.0796. The number of carbonyl (C=O) groups excluding carboxylic acids is 2. The molecule has 1 aromatic carbocycles. The molecule has 0 saturated carbocycles. The fraction of sp³-hybridized carbons (Fsp3) is 0.353. The van der Waals surface area contributed by atoms with E-state index in [-0.39, 0.29) is 17.2 Å². The number of rotatable bonds is 4. The smallest absolute Gasteiger partial charge is 0.323 e. The molecule has 1 aromatic rings. The Bertz CT molecular complexity index is 777. The lowest BCUT2D eigenvalue weighted by atomic mass is 9.97. The van der Waals surface area contributed by atoms with Gasteiger partial charge >= 0.3 is 5.97 Å². The highest BCUT2D eigenvalue weighted by atomic mass is 16.4. The number of aromatic hydroxyl groups is 3. The van der Waals surface area contributed by atoms with Gasteiger partial charge in [0.2, 0.25) is 5.91 Å². The largest absolute Gasteiger partial charge is 0.504 e. The van der Waals surface area contributed by atoms with Crippen molar-refractivity contribution < 1.29 is 34.8 Å². The van der Waals surface area contributed by atoms with Crippen LogP contribution >= 0.6 is 0 Å². The Kier molecular flexibility index (Phi) is 5.10. The van der Waals surface area contributed by atoms with Crippen LogP contribution in [0.2, 0.25) is 0 Å². The molecule has 0 fully saturated rings. The van der Waals surface area contributed by atoms with Gasteiger partial charge in [0.1, 0.15) is 12.6 Å². The summed E-state index contributed by atoms with van der Waals surface area (Å²) in [6.07, 6.45) is 1.31. The molecule has 9 heteroatoms. The van der Waals surface area contributed by atoms with Crippen molar-refractivity contribution in [2.75, 3.05) is 6.54 Å². The quantitative estimate of drug-likeness (QED) is 0.582. The van der Waals surface area contributed by atoms with E-state index in [9.17, 15) is 29.7 Å². The van der Waals surface area contributed by atoms with Crippen LogP contribution in [0.25, 0.3) is 5.70 Å². The average molecular weight is 364 g/mol. The molecule has 1 aliphatic rings. The van der Waals surface area contributed by atoms with E-state index < -0.39 is 47.6 Å². The van der Waals surface area contributed by atoms with Crippen LogP contribution in [0.15, 0.2) is 18.3 Å². The lowest BCUT2D eigenvalue weighted by molar-refractivity contribution is -0.148. The van der Waals surface area contributed by atoms with Crippen molar-refractivity contribution >= 4 is 23.5 Å². The zero-order chi connectivity index (χ0) is 19.8. The van der Waals surface area contributed by atoms with Gasteiger partial charge in [-0.2, -0.15) is 0 Å². The van der Waals surface area contributed by atoms with E-state index in [1.165, 1.54) is 18.0 Å². The monoisotopic (exact) mass is 364 g/mol. The maximum atomic E-state index is 12.9. The first-order chi connectivity index (χ1) is 12.0. The lowest BCUT2D eigenvalue weighted by Gasteiger charge is -2.40. The zero-order valence-corrected chi connectivity index (χ0v) is 14.5. The van der Waals surface area contributed by atoms with E-state index in [2.05, 4.69) is 0 Å². The molecule has 0 spiro atoms. The number of hydrogen-bond acceptors (Lipinski definition) is 6. The number of phenolic OH excluding ortho intramolecular Hbond substituents is 3. The summed E-state index contributed by atoms with van der Waals surface area (Å²) < 4.78 is 0. The molecule has 1 aliphatic heterocycles. The molecular formula is C17H20N2O7. The third-order valence-corrected chi connectivity index (χ3v) is 4.02. The Morgan fingerprint density at radius 1 is 1.15 bits per heavy atom. The molecule has 1 unspecified atom stereocenters. The van der Waals surface area contributed by atoms with Crippen molar-refractivity contribution in [2.24, 2.45) is 5.92 Å². The molecule has 2 rings (SSSR count). The summed E-state index contributed by atoms with van der Waals surface area (Å²) in [4.78, 5) is 38.3. The number of carboxylic acids is 1. The van der Waals surface area contributed by atoms with E-state index in [1.807, 2.05) is 0 Å². The summed E-state index contributed by atoms with van der Waals surface area (Å²) in [6.45, 7) is 4.07. The van der Waals surface area contributed by atoms with E-state index in [0.29, 0.717) is 0 Å². The lowest BCUT2D eigenvalue weighted by Crippen LogP contribution is -2.55. The summed E-state index contributed by atoms with van der Waals surface area (Å²) in [5, 5.41) is 38.1. The fourth-order valence-corrected chi connectivity index (χ4v) is 2.85. The highest BCUT2D eigenvalue weighted by Crippen LogP contribution is 2.39. The van der Waals surface area contributed by atoms with E-state index >= 15 is 0 Å². The van der Waals surface area contributed by atoms with Crippen molar-refractivity contribution in [3.05, 3.63) is 23.9 Å². The van der Waals surface area contributed by atoms with Gasteiger partial charge in [-0.15, -0.1) is 0 Å². The Balaban J connectivity index is 2.68. The SMILES string of the molecule is CC(=O)N1C=C(c2cc(O)c(O)c(O)c2)N(CC(=O)O)C(=O)C1C(C)C. The second-order valence-electron chi connectivity index (χ2n) is 6.31. The fourth-order valence-electron chi connectivity index (χ4n) is 2.85. The van der Waals surface area contributed by atoms with Crippen LogP contribution in [0, 0.1) is 5.92 Å². The van der Waals surface area contributed by atoms with Gasteiger partial charge in [-0.25, -0.2) is 0 Å². The predicted octanol–water partition coefficient (Wildman–Crippen LogP) is 0.902. The standard InChI is InChI=1S/C17H20N2O7/c1-8(2)15-17(26)19(7-14(23)24)11(6-18(15)9(3)20)10-4-12(21)16(25)13(22)5-10/h4-6,8,15,21-22,25H,7H2,1-3H3,(H,23,24). The summed E-state index contributed by atoms with van der Waals surface area (Å²) in [6, 6.07) is 1.25. The number of aliphatic carboxylic acids is 1. The molecule has 9 nitrogen and oxygen atoms in total. The van der Waals surface area contributed by atoms with Crippen molar-refractivity contribution in [2.45, 2.75) is 26.8 Å². The van der Waals surface area contributed by atoms with Crippen LogP contribution in [-0.4, -0.2) is 60.6 Å². The van der Waals surface area contributed by atoms with Crippen LogP contribution in [0.5, 0.6) is 17.2 Å². The summed E-state index contributed by atoms with van der Waals surface area (Å²) in [7, 11) is 0. The molecule has 0 radical (unpaired) electrons. The number of hydrogen-bond donors (Lipinski definition) is 4. The number of carbonyl (C=O) groups is 3. The van der Waals surface area contributed by atoms with Crippen LogP contribution in [0.1, 0.15) is 26.3 Å². The maximum Gasteiger partial charge on any atom is 0.323 e. The van der Waals surface area contributed by atoms with Gasteiger partial charge in [0.05, 0.1) is 5.70 Å². The highest BCUT2D eigenvalue weighted by molar-refractivity contribution is 5.99. The van der Waals surface area contributed by atoms with E-state index in [0.717, 1.165) is 17.0 Å². The first-order valence-electron chi connectivity index (χ1n) is 7.83. The first-order valence-corrected chi connectivity index (χ1v) is 7.83. The number of phenols is 3. The first kappa shape index (κ1) is 19.1. The molecular weight excluding hydrogens is 344 g/mol. The Labute approximate surface area is 149 Å². The Hall–Kier alpha value is -3.23. The number of nitrogens with zero attached hydrogens (tertiary/aromatic N) is 2. The van der Waals surface area contributed by atoms with E-state index in [4.69, 9.17) is 5.11 Å². The normalized spacial score (nSPS) is 17.5. The summed E-state index contributed by atoms with van der Waals surface area (Å²) in [5.74, 6) is -4.60. The van der Waals surface area contributed by atoms with Crippen LogP contribution in [0.3, 0.4) is 0 Å². The van der Waals surface area contributed by atoms with Gasteiger partial charge in [0, 0.05) is 18.7 Å². The van der Waals surface area contributed by atoms with Crippen LogP contribution < -0.4 is 0 Å². The minimum absolute atomic E-state index is 0.00935. The van der Waals surface area contributed by atoms with Gasteiger partial charge in [-0.3, -0.25) is 19.3 Å². The number of carboxylic acid groups (broad SMARTS) is 1. The topological polar surface area (TPSA) is 139 Å². The molecule has 0 aromatic heterocycles. The minimum atomic E-state index is -1.27. The molecule has 1 heterocycles. The molecule has 2 amide bonds. The third-order valence-electron chi connectivity index (χ3n) is 4.02. The Morgan fingerprint density at radius 3 is 2.12 bits per heavy atom. The van der Waals surface area contributed by atoms with Crippen LogP contribution in [-0.2, 0) is 14.4 Å². The summed E-state index contributed by atoms with van der Waals surface area (Å²) >= 11 is 0. The average Bonchev–Trinajstić information content (AvgIpc) is 2.52. The molecule has 0 bridgehead atoms. The molecule has 0 saturated heterocycles. The van der Waals surface area contributed by atoms with E-state index in [1.54, 1.807) is 13.8 Å². The predicted molar refractivity (Wildman–Crippen MR) is 89.9 cm³/mol. The Morgan fingerprint density at radius 2 is 1.69 bits per heavy atom. The number of benzene rings is 1. The molecule has 4 N–H and O–H groups in total. The molecule has 140 valence electrons. The molecule has 26 heavy (non-hydrogen) atoms. The van der Waals surface area contributed by atoms with Crippen LogP contribution in [0.4, 0.5) is 0 Å². The maximum absolute atomic E-state index is 12.9. The zero-order valence-electron chi connectivity index (χ0n) is 14.5. The van der Waals surface area contributed by atoms with Crippen molar-refractivity contribution in [1.29, 1.82) is 0 Å². The van der Waals surface area contributed by atoms with Gasteiger partial charge in [0.25, 0.3) is 5.91 Å². The van der Waals surface area contributed by atoms with Crippen molar-refractivity contribution in [3.8, 4) is 17.2 Å². The molecule has 1 atom stereocenters. The second-order valence-corrected chi connectivity index (χ2v) is 6.31. The minimum Gasteiger partial charge on any atom is -0.504 e. The van der Waals surface area contributed by atoms with Gasteiger partial charge < -0.3 is 25.3 Å². The van der Waals surface area contributed by atoms with Gasteiger partial charge in [-0.1, -0.05) is 13.8 Å². The second kappa shape index (κ2) is 6.95. The number of amides is 2.